The van der Waals surface area contributed by atoms with Crippen molar-refractivity contribution in [1.82, 2.24) is 18.7 Å². The molecule has 0 saturated heterocycles. The number of benzene rings is 2. The van der Waals surface area contributed by atoms with Gasteiger partial charge in [0.2, 0.25) is 0 Å². The van der Waals surface area contributed by atoms with Gasteiger partial charge in [-0.1, -0.05) is 24.3 Å². The maximum absolute atomic E-state index is 12.8. The molecule has 0 aliphatic rings. The van der Waals surface area contributed by atoms with Crippen LogP contribution in [-0.4, -0.2) is 24.6 Å². The van der Waals surface area contributed by atoms with E-state index in [0.717, 1.165) is 22.1 Å². The van der Waals surface area contributed by atoms with Crippen LogP contribution in [0.2, 0.25) is 0 Å². The highest BCUT2D eigenvalue weighted by atomic mass is 35.5. The molecule has 7 heteroatoms. The Kier molecular flexibility index (Phi) is 3.97. The largest absolute Gasteiger partial charge is 0.329 e. The number of imidazole rings is 2. The quantitative estimate of drug-likeness (QED) is 0.558. The molecule has 0 unspecified atom stereocenters. The molecule has 0 atom stereocenters. The first-order valence-electron chi connectivity index (χ1n) is 8.12. The number of aromatic amines is 1. The van der Waals surface area contributed by atoms with E-state index in [9.17, 15) is 9.59 Å². The topological polar surface area (TPSA) is 64.7 Å². The Hall–Kier alpha value is -2.73. The third-order valence-corrected chi connectivity index (χ3v) is 4.63. The highest BCUT2D eigenvalue weighted by Crippen LogP contribution is 2.14. The van der Waals surface area contributed by atoms with Gasteiger partial charge in [-0.2, -0.15) is 0 Å². The van der Waals surface area contributed by atoms with Gasteiger partial charge in [0.15, 0.2) is 0 Å². The molecule has 25 heavy (non-hydrogen) atoms. The fraction of sp³-hybridized carbons (Fsp3) is 0.222. The molecule has 0 fully saturated rings. The molecule has 0 radical (unpaired) electrons. The van der Waals surface area contributed by atoms with E-state index in [2.05, 4.69) is 4.98 Å². The van der Waals surface area contributed by atoms with E-state index in [4.69, 9.17) is 11.6 Å². The molecule has 2 aromatic carbocycles. The third kappa shape index (κ3) is 2.59. The van der Waals surface area contributed by atoms with Crippen LogP contribution < -0.4 is 11.4 Å². The molecule has 0 spiro atoms. The highest BCUT2D eigenvalue weighted by Gasteiger charge is 2.13. The lowest BCUT2D eigenvalue weighted by atomic mass is 10.3. The Morgan fingerprint density at radius 2 is 1.32 bits per heavy atom. The zero-order valence-electron chi connectivity index (χ0n) is 13.5. The Balaban J connectivity index is 1.76. The molecule has 0 aliphatic heterocycles. The molecule has 1 N–H and O–H groups in total. The molecule has 6 nitrogen and oxygen atoms in total. The van der Waals surface area contributed by atoms with Crippen LogP contribution in [0.1, 0.15) is 0 Å². The van der Waals surface area contributed by atoms with Crippen molar-refractivity contribution < 1.29 is 0 Å². The van der Waals surface area contributed by atoms with Crippen LogP contribution in [0, 0.1) is 0 Å². The summed E-state index contributed by atoms with van der Waals surface area (Å²) in [5.41, 5.74) is 3.08. The minimum absolute atomic E-state index is 0.102. The molecule has 2 heterocycles. The minimum Gasteiger partial charge on any atom is -0.306 e. The standard InChI is InChI=1S/C18H17ClN4O2/c19-9-10-22-15-7-3-4-8-16(15)23(18(22)25)12-11-21-14-6-2-1-5-13(14)20-17(21)24/h1-8H,9-12H2,(H,20,24). The van der Waals surface area contributed by atoms with Crippen LogP contribution in [0.25, 0.3) is 22.1 Å². The first-order valence-corrected chi connectivity index (χ1v) is 8.66. The number of aryl methyl sites for hydroxylation is 3. The van der Waals surface area contributed by atoms with Gasteiger partial charge in [-0.25, -0.2) is 9.59 Å². The Morgan fingerprint density at radius 1 is 0.760 bits per heavy atom. The van der Waals surface area contributed by atoms with Crippen molar-refractivity contribution in [3.05, 3.63) is 69.5 Å². The van der Waals surface area contributed by atoms with Gasteiger partial charge < -0.3 is 4.98 Å². The summed E-state index contributed by atoms with van der Waals surface area (Å²) in [4.78, 5) is 27.8. The fourth-order valence-electron chi connectivity index (χ4n) is 3.32. The van der Waals surface area contributed by atoms with Crippen LogP contribution in [-0.2, 0) is 19.6 Å². The second-order valence-corrected chi connectivity index (χ2v) is 6.24. The summed E-state index contributed by atoms with van der Waals surface area (Å²) >= 11 is 5.84. The maximum Gasteiger partial charge on any atom is 0.329 e. The first kappa shape index (κ1) is 15.8. The third-order valence-electron chi connectivity index (χ3n) is 4.46. The molecule has 0 saturated carbocycles. The number of rotatable bonds is 5. The van der Waals surface area contributed by atoms with Crippen molar-refractivity contribution in [2.24, 2.45) is 0 Å². The van der Waals surface area contributed by atoms with Crippen molar-refractivity contribution in [1.29, 1.82) is 0 Å². The average molecular weight is 357 g/mol. The van der Waals surface area contributed by atoms with Crippen LogP contribution in [0.4, 0.5) is 0 Å². The molecule has 0 bridgehead atoms. The van der Waals surface area contributed by atoms with Gasteiger partial charge in [-0.3, -0.25) is 13.7 Å². The number of hydrogen-bond donors (Lipinski definition) is 1. The average Bonchev–Trinajstić information content (AvgIpc) is 3.08. The predicted molar refractivity (Wildman–Crippen MR) is 99.5 cm³/mol. The van der Waals surface area contributed by atoms with Crippen molar-refractivity contribution in [2.75, 3.05) is 5.88 Å². The molecular weight excluding hydrogens is 340 g/mol. The summed E-state index contributed by atoms with van der Waals surface area (Å²) in [6, 6.07) is 15.2. The van der Waals surface area contributed by atoms with Crippen LogP contribution >= 0.6 is 11.6 Å². The van der Waals surface area contributed by atoms with E-state index in [0.29, 0.717) is 25.5 Å². The zero-order chi connectivity index (χ0) is 17.4. The predicted octanol–water partition coefficient (Wildman–Crippen LogP) is 2.39. The van der Waals surface area contributed by atoms with Gasteiger partial charge in [0, 0.05) is 25.5 Å². The summed E-state index contributed by atoms with van der Waals surface area (Å²) in [5, 5.41) is 0. The SMILES string of the molecule is O=c1[nH]c2ccccc2n1CCn1c(=O)n(CCCl)c2ccccc21. The van der Waals surface area contributed by atoms with Gasteiger partial charge >= 0.3 is 11.4 Å². The highest BCUT2D eigenvalue weighted by molar-refractivity contribution is 6.17. The number of H-pyrrole nitrogens is 1. The van der Waals surface area contributed by atoms with Crippen LogP contribution in [0.3, 0.4) is 0 Å². The molecule has 0 aliphatic carbocycles. The molecule has 0 amide bonds. The number of hydrogen-bond acceptors (Lipinski definition) is 2. The lowest BCUT2D eigenvalue weighted by Gasteiger charge is -2.05. The van der Waals surface area contributed by atoms with Crippen molar-refractivity contribution in [2.45, 2.75) is 19.6 Å². The number of fused-ring (bicyclic) bond motifs is 2. The van der Waals surface area contributed by atoms with E-state index in [-0.39, 0.29) is 11.4 Å². The summed E-state index contributed by atoms with van der Waals surface area (Å²) in [7, 11) is 0. The summed E-state index contributed by atoms with van der Waals surface area (Å²) in [5.74, 6) is 0.371. The number of nitrogens with one attached hydrogen (secondary N) is 1. The number of para-hydroxylation sites is 4. The first-order chi connectivity index (χ1) is 12.2. The van der Waals surface area contributed by atoms with Gasteiger partial charge in [0.25, 0.3) is 0 Å². The van der Waals surface area contributed by atoms with E-state index >= 15 is 0 Å². The number of nitrogens with zero attached hydrogens (tertiary/aromatic N) is 3. The Labute approximate surface area is 147 Å². The zero-order valence-corrected chi connectivity index (χ0v) is 14.2. The molecular formula is C18H17ClN4O2. The van der Waals surface area contributed by atoms with Gasteiger partial charge in [0.05, 0.1) is 22.1 Å². The number of aromatic nitrogens is 4. The van der Waals surface area contributed by atoms with Gasteiger partial charge in [-0.05, 0) is 24.3 Å². The summed E-state index contributed by atoms with van der Waals surface area (Å²) in [6.45, 7) is 1.29. The summed E-state index contributed by atoms with van der Waals surface area (Å²) in [6.07, 6.45) is 0. The lowest BCUT2D eigenvalue weighted by molar-refractivity contribution is 0.561. The smallest absolute Gasteiger partial charge is 0.306 e. The van der Waals surface area contributed by atoms with Crippen LogP contribution in [0.5, 0.6) is 0 Å². The van der Waals surface area contributed by atoms with Crippen molar-refractivity contribution in [3.63, 3.8) is 0 Å². The van der Waals surface area contributed by atoms with Gasteiger partial charge in [0.1, 0.15) is 0 Å². The minimum atomic E-state index is -0.168. The van der Waals surface area contributed by atoms with E-state index in [1.165, 1.54) is 0 Å². The second kappa shape index (κ2) is 6.29. The van der Waals surface area contributed by atoms with Gasteiger partial charge in [-0.15, -0.1) is 11.6 Å². The maximum atomic E-state index is 12.8. The molecule has 4 rings (SSSR count). The van der Waals surface area contributed by atoms with Crippen LogP contribution in [0.15, 0.2) is 58.1 Å². The van der Waals surface area contributed by atoms with E-state index in [1.54, 1.807) is 13.7 Å². The number of halogens is 1. The normalized spacial score (nSPS) is 11.6. The van der Waals surface area contributed by atoms with E-state index in [1.807, 2.05) is 48.5 Å². The van der Waals surface area contributed by atoms with Crippen molar-refractivity contribution in [3.8, 4) is 0 Å². The van der Waals surface area contributed by atoms with Crippen molar-refractivity contribution >= 4 is 33.7 Å². The molecule has 2 aromatic heterocycles. The lowest BCUT2D eigenvalue weighted by Crippen LogP contribution is -2.28. The fourth-order valence-corrected chi connectivity index (χ4v) is 3.49. The molecule has 4 aromatic rings. The van der Waals surface area contributed by atoms with E-state index < -0.39 is 0 Å². The monoisotopic (exact) mass is 356 g/mol. The Bertz CT molecular complexity index is 1170. The second-order valence-electron chi connectivity index (χ2n) is 5.86. The number of alkyl halides is 1. The Morgan fingerprint density at radius 3 is 2.00 bits per heavy atom. The molecule has 128 valence electrons. The summed E-state index contributed by atoms with van der Waals surface area (Å²) < 4.78 is 5.05.